The normalized spacial score (nSPS) is 10.4. The third-order valence-corrected chi connectivity index (χ3v) is 3.50. The number of nitrogens with zero attached hydrogens (tertiary/aromatic N) is 1. The number of carboxylic acids is 1. The first-order valence-corrected chi connectivity index (χ1v) is 6.83. The quantitative estimate of drug-likeness (QED) is 0.557. The van der Waals surface area contributed by atoms with Gasteiger partial charge in [-0.25, -0.2) is 4.79 Å². The third-order valence-electron chi connectivity index (χ3n) is 3.50. The average Bonchev–Trinajstić information content (AvgIpc) is 2.55. The van der Waals surface area contributed by atoms with E-state index in [1.807, 2.05) is 36.4 Å². The number of anilines is 2. The van der Waals surface area contributed by atoms with Gasteiger partial charge in [0.1, 0.15) is 0 Å². The molecule has 0 aliphatic heterocycles. The van der Waals surface area contributed by atoms with Gasteiger partial charge in [0.15, 0.2) is 0 Å². The lowest BCUT2D eigenvalue weighted by Crippen LogP contribution is -2.04. The van der Waals surface area contributed by atoms with Crippen molar-refractivity contribution in [3.05, 3.63) is 76.3 Å². The van der Waals surface area contributed by atoms with Crippen molar-refractivity contribution in [2.75, 3.05) is 5.32 Å². The molecule has 0 radical (unpaired) electrons. The molecule has 0 aliphatic rings. The lowest BCUT2D eigenvalue weighted by Gasteiger charge is -2.12. The Kier molecular flexibility index (Phi) is 3.64. The van der Waals surface area contributed by atoms with Gasteiger partial charge in [-0.05, 0) is 17.5 Å². The molecule has 0 spiro atoms. The van der Waals surface area contributed by atoms with Crippen LogP contribution in [0.4, 0.5) is 17.1 Å². The molecule has 114 valence electrons. The van der Waals surface area contributed by atoms with E-state index < -0.39 is 10.9 Å². The van der Waals surface area contributed by atoms with Crippen LogP contribution in [-0.2, 0) is 0 Å². The number of rotatable bonds is 4. The van der Waals surface area contributed by atoms with Crippen LogP contribution in [0.15, 0.2) is 60.7 Å². The van der Waals surface area contributed by atoms with Crippen molar-refractivity contribution in [2.24, 2.45) is 0 Å². The van der Waals surface area contributed by atoms with E-state index in [1.165, 1.54) is 18.2 Å². The van der Waals surface area contributed by atoms with Gasteiger partial charge in [0.05, 0.1) is 16.2 Å². The Bertz CT molecular complexity index is 916. The second-order valence-electron chi connectivity index (χ2n) is 4.94. The monoisotopic (exact) mass is 308 g/mol. The Morgan fingerprint density at radius 2 is 1.74 bits per heavy atom. The molecule has 3 rings (SSSR count). The van der Waals surface area contributed by atoms with Gasteiger partial charge >= 0.3 is 5.97 Å². The fourth-order valence-electron chi connectivity index (χ4n) is 2.42. The summed E-state index contributed by atoms with van der Waals surface area (Å²) in [4.78, 5) is 21.7. The second kappa shape index (κ2) is 5.76. The molecule has 23 heavy (non-hydrogen) atoms. The van der Waals surface area contributed by atoms with Crippen LogP contribution in [0.2, 0.25) is 0 Å². The van der Waals surface area contributed by atoms with Gasteiger partial charge in [0, 0.05) is 23.2 Å². The summed E-state index contributed by atoms with van der Waals surface area (Å²) in [6.45, 7) is 0. The molecule has 6 heteroatoms. The first-order valence-electron chi connectivity index (χ1n) is 6.83. The Hall–Kier alpha value is -3.41. The molecule has 3 aromatic carbocycles. The summed E-state index contributed by atoms with van der Waals surface area (Å²) in [7, 11) is 0. The second-order valence-corrected chi connectivity index (χ2v) is 4.94. The minimum absolute atomic E-state index is 0.0245. The predicted molar refractivity (Wildman–Crippen MR) is 87.3 cm³/mol. The number of nitro groups is 1. The van der Waals surface area contributed by atoms with E-state index in [4.69, 9.17) is 0 Å². The van der Waals surface area contributed by atoms with Gasteiger partial charge in [0.25, 0.3) is 5.69 Å². The minimum atomic E-state index is -1.15. The Labute approximate surface area is 131 Å². The summed E-state index contributed by atoms with van der Waals surface area (Å²) in [5.41, 5.74) is 0.676. The maximum absolute atomic E-state index is 11.3. The fourth-order valence-corrected chi connectivity index (χ4v) is 2.42. The molecular formula is C17H12N2O4. The zero-order valence-electron chi connectivity index (χ0n) is 11.9. The molecule has 0 unspecified atom stereocenters. The first kappa shape index (κ1) is 14.5. The van der Waals surface area contributed by atoms with Gasteiger partial charge in [-0.2, -0.15) is 0 Å². The molecule has 0 saturated carbocycles. The number of carboxylic acid groups (broad SMARTS) is 1. The highest BCUT2D eigenvalue weighted by atomic mass is 16.6. The van der Waals surface area contributed by atoms with Crippen LogP contribution < -0.4 is 5.32 Å². The summed E-state index contributed by atoms with van der Waals surface area (Å²) in [6.07, 6.45) is 0. The predicted octanol–water partition coefficient (Wildman–Crippen LogP) is 4.19. The van der Waals surface area contributed by atoms with Crippen molar-refractivity contribution in [2.45, 2.75) is 0 Å². The molecule has 6 nitrogen and oxygen atoms in total. The number of carbonyl (C=O) groups is 1. The highest BCUT2D eigenvalue weighted by molar-refractivity contribution is 6.00. The zero-order valence-corrected chi connectivity index (χ0v) is 11.9. The van der Waals surface area contributed by atoms with E-state index in [0.29, 0.717) is 5.69 Å². The Morgan fingerprint density at radius 3 is 2.48 bits per heavy atom. The van der Waals surface area contributed by atoms with Crippen LogP contribution in [0, 0.1) is 10.1 Å². The molecular weight excluding hydrogens is 296 g/mol. The molecule has 0 saturated heterocycles. The molecule has 0 atom stereocenters. The van der Waals surface area contributed by atoms with Gasteiger partial charge in [0.2, 0.25) is 0 Å². The lowest BCUT2D eigenvalue weighted by molar-refractivity contribution is -0.384. The van der Waals surface area contributed by atoms with Crippen molar-refractivity contribution in [3.8, 4) is 0 Å². The van der Waals surface area contributed by atoms with E-state index in [0.717, 1.165) is 10.8 Å². The van der Waals surface area contributed by atoms with Crippen LogP contribution in [0.5, 0.6) is 0 Å². The summed E-state index contributed by atoms with van der Waals surface area (Å²) < 4.78 is 0. The Balaban J connectivity index is 2.12. The largest absolute Gasteiger partial charge is 0.478 e. The molecule has 3 aromatic rings. The molecule has 0 heterocycles. The van der Waals surface area contributed by atoms with Crippen LogP contribution in [0.1, 0.15) is 10.4 Å². The highest BCUT2D eigenvalue weighted by Crippen LogP contribution is 2.30. The van der Waals surface area contributed by atoms with E-state index in [9.17, 15) is 20.0 Å². The SMILES string of the molecule is O=C(O)c1ccc([N+](=O)[O-])cc1Nc1cccc2ccccc12. The van der Waals surface area contributed by atoms with Gasteiger partial charge in [-0.15, -0.1) is 0 Å². The van der Waals surface area contributed by atoms with E-state index >= 15 is 0 Å². The molecule has 0 bridgehead atoms. The van der Waals surface area contributed by atoms with Crippen molar-refractivity contribution >= 4 is 33.8 Å². The third kappa shape index (κ3) is 2.82. The van der Waals surface area contributed by atoms with Crippen molar-refractivity contribution in [3.63, 3.8) is 0 Å². The van der Waals surface area contributed by atoms with Crippen LogP contribution >= 0.6 is 0 Å². The van der Waals surface area contributed by atoms with Crippen LogP contribution in [-0.4, -0.2) is 16.0 Å². The van der Waals surface area contributed by atoms with Crippen molar-refractivity contribution in [1.29, 1.82) is 0 Å². The van der Waals surface area contributed by atoms with E-state index in [2.05, 4.69) is 5.32 Å². The molecule has 0 fully saturated rings. The van der Waals surface area contributed by atoms with Crippen molar-refractivity contribution in [1.82, 2.24) is 0 Å². The van der Waals surface area contributed by atoms with Crippen LogP contribution in [0.3, 0.4) is 0 Å². The average molecular weight is 308 g/mol. The number of hydrogen-bond donors (Lipinski definition) is 2. The standard InChI is InChI=1S/C17H12N2O4/c20-17(21)14-9-8-12(19(22)23)10-16(14)18-15-7-3-5-11-4-1-2-6-13(11)15/h1-10,18H,(H,20,21). The highest BCUT2D eigenvalue weighted by Gasteiger charge is 2.16. The molecule has 0 amide bonds. The van der Waals surface area contributed by atoms with Gasteiger partial charge < -0.3 is 10.4 Å². The van der Waals surface area contributed by atoms with Gasteiger partial charge in [-0.3, -0.25) is 10.1 Å². The number of non-ortho nitro benzene ring substituents is 1. The zero-order chi connectivity index (χ0) is 16.4. The summed E-state index contributed by atoms with van der Waals surface area (Å²) in [6, 6.07) is 16.8. The lowest BCUT2D eigenvalue weighted by atomic mass is 10.1. The number of aromatic carboxylic acids is 1. The summed E-state index contributed by atoms with van der Waals surface area (Å²) in [5, 5.41) is 25.1. The van der Waals surface area contributed by atoms with Crippen molar-refractivity contribution < 1.29 is 14.8 Å². The minimum Gasteiger partial charge on any atom is -0.478 e. The molecule has 0 aromatic heterocycles. The number of benzene rings is 3. The Morgan fingerprint density at radius 1 is 1.00 bits per heavy atom. The number of fused-ring (bicyclic) bond motifs is 1. The van der Waals surface area contributed by atoms with Gasteiger partial charge in [-0.1, -0.05) is 36.4 Å². The molecule has 0 aliphatic carbocycles. The maximum atomic E-state index is 11.3. The van der Waals surface area contributed by atoms with E-state index in [1.54, 1.807) is 6.07 Å². The summed E-state index contributed by atoms with van der Waals surface area (Å²) in [5.74, 6) is -1.15. The first-order chi connectivity index (χ1) is 11.1. The number of nitro benzene ring substituents is 1. The summed E-state index contributed by atoms with van der Waals surface area (Å²) >= 11 is 0. The van der Waals surface area contributed by atoms with E-state index in [-0.39, 0.29) is 16.9 Å². The maximum Gasteiger partial charge on any atom is 0.337 e. The number of hydrogen-bond acceptors (Lipinski definition) is 4. The van der Waals surface area contributed by atoms with Crippen LogP contribution in [0.25, 0.3) is 10.8 Å². The smallest absolute Gasteiger partial charge is 0.337 e. The molecule has 2 N–H and O–H groups in total. The topological polar surface area (TPSA) is 92.5 Å². The number of nitrogens with one attached hydrogen (secondary N) is 1. The fraction of sp³-hybridized carbons (Fsp3) is 0.